The van der Waals surface area contributed by atoms with Crippen LogP contribution in [-0.4, -0.2) is 44.2 Å². The molecule has 31 heavy (non-hydrogen) atoms. The molecule has 1 aliphatic rings. The number of aliphatic imine (C=N–C) groups is 1. The Balaban J connectivity index is 1.44. The van der Waals surface area contributed by atoms with E-state index in [1.165, 1.54) is 6.07 Å². The number of amides is 1. The first kappa shape index (κ1) is 22.4. The average Bonchev–Trinajstić information content (AvgIpc) is 2.76. The Morgan fingerprint density at radius 3 is 2.87 bits per heavy atom. The number of ether oxygens (including phenoxy) is 2. The van der Waals surface area contributed by atoms with Crippen LogP contribution in [0.4, 0.5) is 10.1 Å². The van der Waals surface area contributed by atoms with Gasteiger partial charge in [0, 0.05) is 18.7 Å². The highest BCUT2D eigenvalue weighted by Crippen LogP contribution is 2.26. The number of hydrogen-bond donors (Lipinski definition) is 3. The van der Waals surface area contributed by atoms with Crippen molar-refractivity contribution in [2.75, 3.05) is 31.6 Å². The van der Waals surface area contributed by atoms with E-state index in [4.69, 9.17) is 9.47 Å². The van der Waals surface area contributed by atoms with Crippen LogP contribution >= 0.6 is 0 Å². The summed E-state index contributed by atoms with van der Waals surface area (Å²) >= 11 is 0. The predicted molar refractivity (Wildman–Crippen MR) is 119 cm³/mol. The molecule has 1 atom stereocenters. The molecule has 0 fully saturated rings. The quantitative estimate of drug-likeness (QED) is 0.325. The number of carbonyl (C=O) groups excluding carboxylic acids is 1. The van der Waals surface area contributed by atoms with Crippen LogP contribution in [0.2, 0.25) is 0 Å². The van der Waals surface area contributed by atoms with Crippen molar-refractivity contribution in [3.05, 3.63) is 53.8 Å². The van der Waals surface area contributed by atoms with Crippen LogP contribution in [0, 0.1) is 5.82 Å². The Labute approximate surface area is 182 Å². The van der Waals surface area contributed by atoms with E-state index in [2.05, 4.69) is 20.9 Å². The lowest BCUT2D eigenvalue weighted by molar-refractivity contribution is -0.116. The maximum atomic E-state index is 13.7. The minimum Gasteiger partial charge on any atom is -0.492 e. The van der Waals surface area contributed by atoms with Crippen LogP contribution in [0.5, 0.6) is 11.5 Å². The third-order valence-electron chi connectivity index (χ3n) is 4.65. The molecule has 0 saturated heterocycles. The number of hydrogen-bond acceptors (Lipinski definition) is 4. The number of benzene rings is 2. The molecule has 7 nitrogen and oxygen atoms in total. The van der Waals surface area contributed by atoms with Crippen molar-refractivity contribution < 1.29 is 18.7 Å². The monoisotopic (exact) mass is 428 g/mol. The fourth-order valence-corrected chi connectivity index (χ4v) is 3.14. The van der Waals surface area contributed by atoms with E-state index in [9.17, 15) is 9.18 Å². The van der Waals surface area contributed by atoms with Crippen molar-refractivity contribution >= 4 is 17.6 Å². The fraction of sp³-hybridized carbons (Fsp3) is 0.391. The first-order chi connectivity index (χ1) is 15.0. The first-order valence-electron chi connectivity index (χ1n) is 10.5. The van der Waals surface area contributed by atoms with Gasteiger partial charge in [0.05, 0.1) is 13.1 Å². The van der Waals surface area contributed by atoms with E-state index >= 15 is 0 Å². The largest absolute Gasteiger partial charge is 0.492 e. The zero-order chi connectivity index (χ0) is 22.1. The van der Waals surface area contributed by atoms with Gasteiger partial charge < -0.3 is 25.4 Å². The maximum absolute atomic E-state index is 13.7. The highest BCUT2D eigenvalue weighted by atomic mass is 19.1. The van der Waals surface area contributed by atoms with E-state index in [0.29, 0.717) is 38.6 Å². The number of carbonyl (C=O) groups is 1. The second-order valence-corrected chi connectivity index (χ2v) is 7.22. The number of nitrogens with one attached hydrogen (secondary N) is 3. The van der Waals surface area contributed by atoms with E-state index in [1.54, 1.807) is 18.2 Å². The summed E-state index contributed by atoms with van der Waals surface area (Å²) in [5.41, 5.74) is 1.94. The Bertz CT molecular complexity index is 919. The van der Waals surface area contributed by atoms with Crippen molar-refractivity contribution in [3.8, 4) is 11.5 Å². The standard InChI is InChI=1S/C23H29FN4O3/c1-3-25-23(27-15-16(2)31-21-7-5-4-6-19(21)24)26-12-13-30-18-9-10-20-17(14-18)8-11-22(29)28-20/h4-7,9-10,14,16H,3,8,11-13,15H2,1-2H3,(H,28,29)(H2,25,26,27). The van der Waals surface area contributed by atoms with Gasteiger partial charge in [0.2, 0.25) is 5.91 Å². The van der Waals surface area contributed by atoms with Crippen LogP contribution < -0.4 is 25.4 Å². The molecule has 0 spiro atoms. The Morgan fingerprint density at radius 2 is 2.06 bits per heavy atom. The lowest BCUT2D eigenvalue weighted by Gasteiger charge is -2.18. The summed E-state index contributed by atoms with van der Waals surface area (Å²) < 4.78 is 25.1. The molecular formula is C23H29FN4O3. The molecule has 0 radical (unpaired) electrons. The molecular weight excluding hydrogens is 399 g/mol. The van der Waals surface area contributed by atoms with Gasteiger partial charge in [-0.1, -0.05) is 12.1 Å². The molecule has 0 aromatic heterocycles. The highest BCUT2D eigenvalue weighted by molar-refractivity contribution is 5.94. The van der Waals surface area contributed by atoms with Gasteiger partial charge in [0.1, 0.15) is 18.5 Å². The molecule has 166 valence electrons. The molecule has 1 unspecified atom stereocenters. The molecule has 1 amide bonds. The van der Waals surface area contributed by atoms with Gasteiger partial charge in [-0.15, -0.1) is 0 Å². The molecule has 0 bridgehead atoms. The van der Waals surface area contributed by atoms with E-state index in [0.717, 1.165) is 23.4 Å². The third kappa shape index (κ3) is 6.87. The normalized spacial score (nSPS) is 14.3. The smallest absolute Gasteiger partial charge is 0.224 e. The van der Waals surface area contributed by atoms with Crippen molar-refractivity contribution in [1.29, 1.82) is 0 Å². The highest BCUT2D eigenvalue weighted by Gasteiger charge is 2.15. The van der Waals surface area contributed by atoms with Gasteiger partial charge in [0.25, 0.3) is 0 Å². The molecule has 3 rings (SSSR count). The first-order valence-corrected chi connectivity index (χ1v) is 10.5. The van der Waals surface area contributed by atoms with Gasteiger partial charge in [-0.05, 0) is 56.2 Å². The summed E-state index contributed by atoms with van der Waals surface area (Å²) in [4.78, 5) is 15.9. The Morgan fingerprint density at radius 1 is 1.23 bits per heavy atom. The zero-order valence-electron chi connectivity index (χ0n) is 17.9. The van der Waals surface area contributed by atoms with Crippen molar-refractivity contribution in [1.82, 2.24) is 10.6 Å². The number of halogens is 1. The summed E-state index contributed by atoms with van der Waals surface area (Å²) in [5, 5.41) is 9.25. The molecule has 0 saturated carbocycles. The number of aryl methyl sites for hydroxylation is 1. The Hall–Kier alpha value is -3.29. The van der Waals surface area contributed by atoms with E-state index in [1.807, 2.05) is 32.0 Å². The minimum atomic E-state index is -0.384. The summed E-state index contributed by atoms with van der Waals surface area (Å²) in [6, 6.07) is 12.0. The molecule has 0 aliphatic carbocycles. The number of nitrogens with zero attached hydrogens (tertiary/aromatic N) is 1. The maximum Gasteiger partial charge on any atom is 0.224 e. The number of para-hydroxylation sites is 1. The van der Waals surface area contributed by atoms with Crippen molar-refractivity contribution in [3.63, 3.8) is 0 Å². The number of rotatable bonds is 9. The van der Waals surface area contributed by atoms with E-state index < -0.39 is 0 Å². The molecule has 8 heteroatoms. The molecule has 3 N–H and O–H groups in total. The molecule has 2 aromatic carbocycles. The van der Waals surface area contributed by atoms with E-state index in [-0.39, 0.29) is 23.6 Å². The number of anilines is 1. The van der Waals surface area contributed by atoms with Crippen LogP contribution in [-0.2, 0) is 11.2 Å². The lowest BCUT2D eigenvalue weighted by atomic mass is 10.0. The van der Waals surface area contributed by atoms with Crippen LogP contribution in [0.1, 0.15) is 25.8 Å². The van der Waals surface area contributed by atoms with Gasteiger partial charge in [0.15, 0.2) is 17.5 Å². The fourth-order valence-electron chi connectivity index (χ4n) is 3.14. The van der Waals surface area contributed by atoms with Gasteiger partial charge in [-0.2, -0.15) is 0 Å². The number of guanidine groups is 1. The summed E-state index contributed by atoms with van der Waals surface area (Å²) in [6.07, 6.45) is 0.945. The van der Waals surface area contributed by atoms with Crippen molar-refractivity contribution in [2.45, 2.75) is 32.8 Å². The molecule has 1 heterocycles. The third-order valence-corrected chi connectivity index (χ3v) is 4.65. The van der Waals surface area contributed by atoms with Crippen molar-refractivity contribution in [2.24, 2.45) is 4.99 Å². The molecule has 1 aliphatic heterocycles. The van der Waals surface area contributed by atoms with Gasteiger partial charge in [-0.25, -0.2) is 9.38 Å². The minimum absolute atomic E-state index is 0.0502. The van der Waals surface area contributed by atoms with Crippen LogP contribution in [0.3, 0.4) is 0 Å². The van der Waals surface area contributed by atoms with Crippen LogP contribution in [0.25, 0.3) is 0 Å². The Kier molecular flexibility index (Phi) is 8.09. The second-order valence-electron chi connectivity index (χ2n) is 7.22. The lowest BCUT2D eigenvalue weighted by Crippen LogP contribution is -2.40. The predicted octanol–water partition coefficient (Wildman–Crippen LogP) is 3.11. The van der Waals surface area contributed by atoms with Gasteiger partial charge >= 0.3 is 0 Å². The summed E-state index contributed by atoms with van der Waals surface area (Å²) in [5.74, 6) is 1.30. The average molecular weight is 429 g/mol. The van der Waals surface area contributed by atoms with Crippen LogP contribution in [0.15, 0.2) is 47.5 Å². The summed E-state index contributed by atoms with van der Waals surface area (Å²) in [7, 11) is 0. The second kappa shape index (κ2) is 11.2. The summed E-state index contributed by atoms with van der Waals surface area (Å²) in [6.45, 7) is 5.94. The SMILES string of the molecule is CCNC(=NCC(C)Oc1ccccc1F)NCCOc1ccc2c(c1)CCC(=O)N2. The number of fused-ring (bicyclic) bond motifs is 1. The van der Waals surface area contributed by atoms with Gasteiger partial charge in [-0.3, -0.25) is 4.79 Å². The zero-order valence-corrected chi connectivity index (χ0v) is 17.9. The topological polar surface area (TPSA) is 84.0 Å². The molecule has 2 aromatic rings.